The molecule has 1 rings (SSSR count). The Kier molecular flexibility index (Phi) is 3.41. The highest BCUT2D eigenvalue weighted by Gasteiger charge is 2.08. The van der Waals surface area contributed by atoms with Gasteiger partial charge in [0, 0.05) is 27.5 Å². The van der Waals surface area contributed by atoms with Gasteiger partial charge in [0.25, 0.3) is 0 Å². The van der Waals surface area contributed by atoms with Crippen LogP contribution in [0.2, 0.25) is 0 Å². The molecule has 1 amide bonds. The van der Waals surface area contributed by atoms with E-state index in [1.54, 1.807) is 24.5 Å². The van der Waals surface area contributed by atoms with Crippen molar-refractivity contribution in [2.75, 3.05) is 6.26 Å². The number of aryl methyl sites for hydroxylation is 1. The van der Waals surface area contributed by atoms with E-state index in [1.807, 2.05) is 6.92 Å². The number of hydrogen-bond donors (Lipinski definition) is 1. The number of primary amides is 1. The molecular formula is C10H13NO2S. The first kappa shape index (κ1) is 10.9. The van der Waals surface area contributed by atoms with Crippen molar-refractivity contribution >= 4 is 16.7 Å². The van der Waals surface area contributed by atoms with Crippen LogP contribution in [-0.4, -0.2) is 16.4 Å². The zero-order chi connectivity index (χ0) is 10.7. The van der Waals surface area contributed by atoms with Crippen molar-refractivity contribution in [1.82, 2.24) is 0 Å². The molecule has 3 nitrogen and oxygen atoms in total. The van der Waals surface area contributed by atoms with Gasteiger partial charge in [-0.25, -0.2) is 0 Å². The lowest BCUT2D eigenvalue weighted by atomic mass is 10.1. The predicted octanol–water partition coefficient (Wildman–Crippen LogP) is 1.09. The summed E-state index contributed by atoms with van der Waals surface area (Å²) in [6.45, 7) is 1.93. The van der Waals surface area contributed by atoms with Gasteiger partial charge in [0.1, 0.15) is 0 Å². The van der Waals surface area contributed by atoms with Crippen molar-refractivity contribution in [2.45, 2.75) is 18.2 Å². The molecule has 1 atom stereocenters. The highest BCUT2D eigenvalue weighted by atomic mass is 32.2. The molecule has 0 fully saturated rings. The average Bonchev–Trinajstić information content (AvgIpc) is 2.16. The minimum Gasteiger partial charge on any atom is -0.366 e. The lowest BCUT2D eigenvalue weighted by Gasteiger charge is -2.05. The number of benzene rings is 1. The molecule has 76 valence electrons. The molecule has 0 aliphatic rings. The number of hydrogen-bond acceptors (Lipinski definition) is 2. The van der Waals surface area contributed by atoms with Gasteiger partial charge in [0.15, 0.2) is 0 Å². The minimum absolute atomic E-state index is 0.435. The first-order valence-corrected chi connectivity index (χ1v) is 5.88. The second kappa shape index (κ2) is 4.37. The van der Waals surface area contributed by atoms with Crippen LogP contribution in [0.4, 0.5) is 0 Å². The van der Waals surface area contributed by atoms with Crippen LogP contribution in [0, 0.1) is 0 Å². The van der Waals surface area contributed by atoms with Crippen LogP contribution >= 0.6 is 0 Å². The molecule has 1 aromatic rings. The van der Waals surface area contributed by atoms with Crippen molar-refractivity contribution in [2.24, 2.45) is 5.73 Å². The first-order chi connectivity index (χ1) is 6.56. The number of nitrogens with two attached hydrogens (primary N) is 1. The van der Waals surface area contributed by atoms with Crippen molar-refractivity contribution in [3.8, 4) is 0 Å². The average molecular weight is 211 g/mol. The summed E-state index contributed by atoms with van der Waals surface area (Å²) < 4.78 is 11.2. The van der Waals surface area contributed by atoms with E-state index in [4.69, 9.17) is 5.73 Å². The molecule has 4 heteroatoms. The molecule has 0 radical (unpaired) electrons. The van der Waals surface area contributed by atoms with E-state index in [-0.39, 0.29) is 0 Å². The Morgan fingerprint density at radius 2 is 2.14 bits per heavy atom. The van der Waals surface area contributed by atoms with Crippen LogP contribution in [0.15, 0.2) is 23.1 Å². The van der Waals surface area contributed by atoms with Gasteiger partial charge in [0.2, 0.25) is 5.91 Å². The second-order valence-electron chi connectivity index (χ2n) is 2.99. The van der Waals surface area contributed by atoms with Gasteiger partial charge in [-0.15, -0.1) is 0 Å². The van der Waals surface area contributed by atoms with E-state index in [2.05, 4.69) is 0 Å². The van der Waals surface area contributed by atoms with E-state index < -0.39 is 16.7 Å². The van der Waals surface area contributed by atoms with Crippen LogP contribution in [-0.2, 0) is 17.2 Å². The van der Waals surface area contributed by atoms with Gasteiger partial charge in [-0.2, -0.15) is 0 Å². The van der Waals surface area contributed by atoms with E-state index in [0.29, 0.717) is 12.0 Å². The van der Waals surface area contributed by atoms with E-state index >= 15 is 0 Å². The Morgan fingerprint density at radius 1 is 1.50 bits per heavy atom. The van der Waals surface area contributed by atoms with Crippen molar-refractivity contribution < 1.29 is 9.00 Å². The SMILES string of the molecule is CCc1cc(S(C)=O)ccc1C(N)=O. The van der Waals surface area contributed by atoms with Crippen LogP contribution in [0.5, 0.6) is 0 Å². The minimum atomic E-state index is -1.01. The van der Waals surface area contributed by atoms with Crippen molar-refractivity contribution in [3.05, 3.63) is 29.3 Å². The van der Waals surface area contributed by atoms with Gasteiger partial charge in [0.05, 0.1) is 0 Å². The fourth-order valence-corrected chi connectivity index (χ4v) is 1.85. The summed E-state index contributed by atoms with van der Waals surface area (Å²) in [5, 5.41) is 0. The number of carbonyl (C=O) groups is 1. The molecule has 0 saturated carbocycles. The third-order valence-corrected chi connectivity index (χ3v) is 2.97. The molecule has 0 saturated heterocycles. The summed E-state index contributed by atoms with van der Waals surface area (Å²) in [5.74, 6) is -0.435. The molecule has 1 aromatic carbocycles. The highest BCUT2D eigenvalue weighted by Crippen LogP contribution is 2.14. The lowest BCUT2D eigenvalue weighted by molar-refractivity contribution is 0.0999. The Labute approximate surface area is 85.8 Å². The third-order valence-electron chi connectivity index (χ3n) is 2.05. The molecule has 0 aliphatic carbocycles. The van der Waals surface area contributed by atoms with E-state index in [0.717, 1.165) is 10.5 Å². The van der Waals surface area contributed by atoms with E-state index in [9.17, 15) is 9.00 Å². The van der Waals surface area contributed by atoms with Gasteiger partial charge in [-0.1, -0.05) is 6.92 Å². The third kappa shape index (κ3) is 2.20. The molecule has 1 unspecified atom stereocenters. The molecule has 0 aliphatic heterocycles. The Balaban J connectivity index is 3.25. The zero-order valence-electron chi connectivity index (χ0n) is 8.24. The fraction of sp³-hybridized carbons (Fsp3) is 0.300. The van der Waals surface area contributed by atoms with Crippen LogP contribution in [0.1, 0.15) is 22.8 Å². The number of rotatable bonds is 3. The predicted molar refractivity (Wildman–Crippen MR) is 56.7 cm³/mol. The van der Waals surface area contributed by atoms with Crippen LogP contribution in [0.3, 0.4) is 0 Å². The number of carbonyl (C=O) groups excluding carboxylic acids is 1. The Hall–Kier alpha value is -1.16. The lowest BCUT2D eigenvalue weighted by Crippen LogP contribution is -2.13. The van der Waals surface area contributed by atoms with Gasteiger partial charge < -0.3 is 5.73 Å². The quantitative estimate of drug-likeness (QED) is 0.813. The highest BCUT2D eigenvalue weighted by molar-refractivity contribution is 7.84. The molecule has 14 heavy (non-hydrogen) atoms. The maximum atomic E-state index is 11.2. The summed E-state index contributed by atoms with van der Waals surface area (Å²) in [6.07, 6.45) is 2.32. The van der Waals surface area contributed by atoms with Crippen molar-refractivity contribution in [1.29, 1.82) is 0 Å². The van der Waals surface area contributed by atoms with Gasteiger partial charge in [-0.05, 0) is 30.2 Å². The number of amides is 1. The normalized spacial score (nSPS) is 12.4. The topological polar surface area (TPSA) is 60.2 Å². The molecule has 0 heterocycles. The van der Waals surface area contributed by atoms with E-state index in [1.165, 1.54) is 0 Å². The Bertz CT molecular complexity index is 388. The summed E-state index contributed by atoms with van der Waals surface area (Å²) in [5.41, 5.74) is 6.57. The molecule has 2 N–H and O–H groups in total. The molecule has 0 bridgehead atoms. The largest absolute Gasteiger partial charge is 0.366 e. The summed E-state index contributed by atoms with van der Waals surface area (Å²) in [6, 6.07) is 5.09. The van der Waals surface area contributed by atoms with Crippen LogP contribution in [0.25, 0.3) is 0 Å². The first-order valence-electron chi connectivity index (χ1n) is 4.32. The molecule has 0 spiro atoms. The standard InChI is InChI=1S/C10H13NO2S/c1-3-7-6-8(14(2)13)4-5-9(7)10(11)12/h4-6H,3H2,1-2H3,(H2,11,12). The maximum Gasteiger partial charge on any atom is 0.248 e. The van der Waals surface area contributed by atoms with Gasteiger partial charge in [-0.3, -0.25) is 9.00 Å². The second-order valence-corrected chi connectivity index (χ2v) is 4.37. The summed E-state index contributed by atoms with van der Waals surface area (Å²) in [7, 11) is -1.01. The summed E-state index contributed by atoms with van der Waals surface area (Å²) >= 11 is 0. The maximum absolute atomic E-state index is 11.2. The van der Waals surface area contributed by atoms with Crippen molar-refractivity contribution in [3.63, 3.8) is 0 Å². The fourth-order valence-electron chi connectivity index (χ4n) is 1.28. The van der Waals surface area contributed by atoms with Crippen LogP contribution < -0.4 is 5.73 Å². The monoisotopic (exact) mass is 211 g/mol. The molecule has 0 aromatic heterocycles. The Morgan fingerprint density at radius 3 is 2.57 bits per heavy atom. The molecular weight excluding hydrogens is 198 g/mol. The zero-order valence-corrected chi connectivity index (χ0v) is 9.06. The van der Waals surface area contributed by atoms with Gasteiger partial charge >= 0.3 is 0 Å². The smallest absolute Gasteiger partial charge is 0.248 e. The summed E-state index contributed by atoms with van der Waals surface area (Å²) in [4.78, 5) is 11.7.